The van der Waals surface area contributed by atoms with E-state index in [4.69, 9.17) is 4.74 Å². The van der Waals surface area contributed by atoms with E-state index in [9.17, 15) is 18.3 Å². The van der Waals surface area contributed by atoms with Gasteiger partial charge in [0.05, 0.1) is 12.9 Å². The molecule has 166 valence electrons. The van der Waals surface area contributed by atoms with Crippen molar-refractivity contribution in [2.24, 2.45) is 0 Å². The number of methoxy groups -OCH3 is 1. The molecule has 6 nitrogen and oxygen atoms in total. The normalized spacial score (nSPS) is 16.6. The predicted octanol–water partition coefficient (Wildman–Crippen LogP) is 5.11. The van der Waals surface area contributed by atoms with Gasteiger partial charge in [0.15, 0.2) is 15.6 Å². The van der Waals surface area contributed by atoms with Crippen molar-refractivity contribution in [3.63, 3.8) is 0 Å². The molecule has 1 amide bonds. The Bertz CT molecular complexity index is 1260. The topological polar surface area (TPSA) is 83.9 Å². The summed E-state index contributed by atoms with van der Waals surface area (Å²) in [6.45, 7) is 1.74. The second kappa shape index (κ2) is 8.80. The number of thiophene rings is 1. The highest BCUT2D eigenvalue weighted by Crippen LogP contribution is 2.46. The van der Waals surface area contributed by atoms with Crippen molar-refractivity contribution in [3.8, 4) is 16.9 Å². The minimum atomic E-state index is -3.89. The molecule has 8 heteroatoms. The number of ether oxygens (including phenoxy) is 1. The number of nitrogens with zero attached hydrogens (tertiary/aromatic N) is 1. The summed E-state index contributed by atoms with van der Waals surface area (Å²) in [4.78, 5) is 14.2. The molecule has 0 spiro atoms. The fourth-order valence-corrected chi connectivity index (χ4v) is 6.34. The van der Waals surface area contributed by atoms with Crippen LogP contribution in [0.25, 0.3) is 11.1 Å². The second-order valence-electron chi connectivity index (χ2n) is 7.41. The quantitative estimate of drug-likeness (QED) is 0.520. The van der Waals surface area contributed by atoms with E-state index in [2.05, 4.69) is 0 Å². The maximum Gasteiger partial charge on any atom is 0.295 e. The Morgan fingerprint density at radius 3 is 2.41 bits per heavy atom. The molecule has 1 N–H and O–H groups in total. The van der Waals surface area contributed by atoms with Crippen molar-refractivity contribution in [3.05, 3.63) is 81.6 Å². The molecular formula is C24H23NO5S2. The van der Waals surface area contributed by atoms with Gasteiger partial charge in [-0.1, -0.05) is 37.3 Å². The number of carbonyl (C=O) groups excluding carboxylic acids is 1. The number of benzene rings is 2. The highest BCUT2D eigenvalue weighted by Gasteiger charge is 2.47. The molecule has 0 bridgehead atoms. The molecular weight excluding hydrogens is 446 g/mol. The number of amides is 1. The Labute approximate surface area is 191 Å². The third-order valence-electron chi connectivity index (χ3n) is 5.40. The summed E-state index contributed by atoms with van der Waals surface area (Å²) in [5.74, 6) is -1.23. The number of sulfone groups is 1. The van der Waals surface area contributed by atoms with Gasteiger partial charge in [-0.05, 0) is 52.6 Å². The van der Waals surface area contributed by atoms with Gasteiger partial charge in [-0.15, -0.1) is 0 Å². The Balaban J connectivity index is 1.87. The molecule has 0 fully saturated rings. The van der Waals surface area contributed by atoms with E-state index in [0.717, 1.165) is 11.1 Å². The predicted molar refractivity (Wildman–Crippen MR) is 127 cm³/mol. The number of aliphatic hydroxyl groups excluding tert-OH is 1. The third kappa shape index (κ3) is 3.80. The standard InChI is InChI=1S/C24H23NO5S2/c1-3-14-32(28,29)23-21(19-6-4-5-7-20(19)30-2)25(24(27)22(23)26)18-10-8-16(9-11-18)17-12-13-31-15-17/h4-13,15,21,26H,3,14H2,1-2H3. The first-order valence-corrected chi connectivity index (χ1v) is 12.7. The van der Waals surface area contributed by atoms with E-state index in [-0.39, 0.29) is 10.7 Å². The van der Waals surface area contributed by atoms with Crippen molar-refractivity contribution in [2.45, 2.75) is 19.4 Å². The summed E-state index contributed by atoms with van der Waals surface area (Å²) in [5.41, 5.74) is 3.01. The van der Waals surface area contributed by atoms with Gasteiger partial charge in [0.2, 0.25) is 0 Å². The van der Waals surface area contributed by atoms with Gasteiger partial charge >= 0.3 is 0 Å². The summed E-state index contributed by atoms with van der Waals surface area (Å²) in [6, 6.07) is 15.2. The lowest BCUT2D eigenvalue weighted by Crippen LogP contribution is -2.31. The molecule has 1 aliphatic heterocycles. The lowest BCUT2D eigenvalue weighted by atomic mass is 10.0. The van der Waals surface area contributed by atoms with Crippen LogP contribution in [0.1, 0.15) is 24.9 Å². The molecule has 0 aliphatic carbocycles. The fourth-order valence-electron chi connectivity index (χ4n) is 3.96. The minimum Gasteiger partial charge on any atom is -0.502 e. The number of para-hydroxylation sites is 1. The monoisotopic (exact) mass is 469 g/mol. The summed E-state index contributed by atoms with van der Waals surface area (Å²) in [5, 5.41) is 14.7. The van der Waals surface area contributed by atoms with Crippen LogP contribution in [0.2, 0.25) is 0 Å². The lowest BCUT2D eigenvalue weighted by molar-refractivity contribution is -0.117. The number of hydrogen-bond acceptors (Lipinski definition) is 6. The van der Waals surface area contributed by atoms with Crippen molar-refractivity contribution < 1.29 is 23.1 Å². The summed E-state index contributed by atoms with van der Waals surface area (Å²) in [6.07, 6.45) is 0.362. The van der Waals surface area contributed by atoms with Crippen LogP contribution >= 0.6 is 11.3 Å². The van der Waals surface area contributed by atoms with Crippen molar-refractivity contribution >= 4 is 32.8 Å². The Kier molecular flexibility index (Phi) is 6.08. The van der Waals surface area contributed by atoms with Crippen LogP contribution in [0.5, 0.6) is 5.75 Å². The molecule has 3 aromatic rings. The number of anilines is 1. The molecule has 0 radical (unpaired) electrons. The first-order valence-electron chi connectivity index (χ1n) is 10.1. The number of aliphatic hydroxyl groups is 1. The van der Waals surface area contributed by atoms with Gasteiger partial charge in [0, 0.05) is 11.3 Å². The maximum absolute atomic E-state index is 13.2. The lowest BCUT2D eigenvalue weighted by Gasteiger charge is -2.28. The molecule has 1 unspecified atom stereocenters. The van der Waals surface area contributed by atoms with E-state index >= 15 is 0 Å². The molecule has 2 heterocycles. The van der Waals surface area contributed by atoms with Crippen LogP contribution in [-0.2, 0) is 14.6 Å². The first-order chi connectivity index (χ1) is 15.4. The van der Waals surface area contributed by atoms with Crippen LogP contribution in [0.4, 0.5) is 5.69 Å². The molecule has 1 atom stereocenters. The highest BCUT2D eigenvalue weighted by molar-refractivity contribution is 7.95. The maximum atomic E-state index is 13.2. The number of carbonyl (C=O) groups is 1. The van der Waals surface area contributed by atoms with Crippen LogP contribution in [0.15, 0.2) is 76.0 Å². The van der Waals surface area contributed by atoms with Gasteiger partial charge in [0.25, 0.3) is 5.91 Å². The largest absolute Gasteiger partial charge is 0.502 e. The van der Waals surface area contributed by atoms with Gasteiger partial charge in [-0.3, -0.25) is 9.69 Å². The Morgan fingerprint density at radius 2 is 1.78 bits per heavy atom. The second-order valence-corrected chi connectivity index (χ2v) is 10.3. The van der Waals surface area contributed by atoms with Crippen LogP contribution in [0, 0.1) is 0 Å². The van der Waals surface area contributed by atoms with Crippen molar-refractivity contribution in [1.82, 2.24) is 0 Å². The minimum absolute atomic E-state index is 0.170. The number of rotatable bonds is 7. The molecule has 2 aromatic carbocycles. The van der Waals surface area contributed by atoms with Gasteiger partial charge in [0.1, 0.15) is 16.7 Å². The zero-order chi connectivity index (χ0) is 22.9. The average Bonchev–Trinajstić information content (AvgIpc) is 3.41. The molecule has 1 aliphatic rings. The molecule has 0 saturated heterocycles. The van der Waals surface area contributed by atoms with Crippen molar-refractivity contribution in [1.29, 1.82) is 0 Å². The fraction of sp³-hybridized carbons (Fsp3) is 0.208. The van der Waals surface area contributed by atoms with Gasteiger partial charge in [-0.2, -0.15) is 11.3 Å². The molecule has 4 rings (SSSR count). The molecule has 32 heavy (non-hydrogen) atoms. The summed E-state index contributed by atoms with van der Waals surface area (Å²) >= 11 is 1.59. The average molecular weight is 470 g/mol. The summed E-state index contributed by atoms with van der Waals surface area (Å²) in [7, 11) is -2.40. The number of hydrogen-bond donors (Lipinski definition) is 1. The van der Waals surface area contributed by atoms with Gasteiger partial charge < -0.3 is 9.84 Å². The van der Waals surface area contributed by atoms with E-state index in [1.807, 2.05) is 29.0 Å². The molecule has 0 saturated carbocycles. The van der Waals surface area contributed by atoms with Crippen LogP contribution in [-0.4, -0.2) is 32.3 Å². The highest BCUT2D eigenvalue weighted by atomic mass is 32.2. The Hall–Kier alpha value is -3.10. The van der Waals surface area contributed by atoms with Crippen LogP contribution in [0.3, 0.4) is 0 Å². The smallest absolute Gasteiger partial charge is 0.295 e. The van der Waals surface area contributed by atoms with E-state index < -0.39 is 27.5 Å². The summed E-state index contributed by atoms with van der Waals surface area (Å²) < 4.78 is 31.7. The van der Waals surface area contributed by atoms with E-state index in [0.29, 0.717) is 23.4 Å². The zero-order valence-electron chi connectivity index (χ0n) is 17.7. The SMILES string of the molecule is CCCS(=O)(=O)C1=C(O)C(=O)N(c2ccc(-c3ccsc3)cc2)C1c1ccccc1OC. The van der Waals surface area contributed by atoms with E-state index in [1.54, 1.807) is 54.7 Å². The van der Waals surface area contributed by atoms with E-state index in [1.165, 1.54) is 12.0 Å². The van der Waals surface area contributed by atoms with Crippen LogP contribution < -0.4 is 9.64 Å². The Morgan fingerprint density at radius 1 is 1.06 bits per heavy atom. The van der Waals surface area contributed by atoms with Crippen molar-refractivity contribution in [2.75, 3.05) is 17.8 Å². The first kappa shape index (κ1) is 22.1. The zero-order valence-corrected chi connectivity index (χ0v) is 19.3. The molecule has 1 aromatic heterocycles. The van der Waals surface area contributed by atoms with Gasteiger partial charge in [-0.25, -0.2) is 8.42 Å². The third-order valence-corrected chi connectivity index (χ3v) is 8.12.